The van der Waals surface area contributed by atoms with Crippen molar-refractivity contribution >= 4 is 17.5 Å². The third kappa shape index (κ3) is 3.63. The van der Waals surface area contributed by atoms with Crippen LogP contribution in [0.2, 0.25) is 0 Å². The number of amides is 2. The standard InChI is InChI=1S/C18H17N3O2/c22-16-12-11-15(20-21-16)18(23)19-17(13-7-3-1-4-8-13)14-9-5-2-6-10-14/h1-10,17H,11-12H2,(H,19,23)(H,21,22). The molecule has 0 unspecified atom stereocenters. The van der Waals surface area contributed by atoms with E-state index in [1.54, 1.807) is 0 Å². The molecule has 23 heavy (non-hydrogen) atoms. The first-order chi connectivity index (χ1) is 11.2. The lowest BCUT2D eigenvalue weighted by Crippen LogP contribution is -2.39. The molecule has 0 spiro atoms. The van der Waals surface area contributed by atoms with Crippen LogP contribution in [0.15, 0.2) is 65.8 Å². The number of carbonyl (C=O) groups excluding carboxylic acids is 2. The molecule has 1 aliphatic heterocycles. The van der Waals surface area contributed by atoms with E-state index in [1.807, 2.05) is 60.7 Å². The number of nitrogens with one attached hydrogen (secondary N) is 2. The van der Waals surface area contributed by atoms with Gasteiger partial charge in [-0.15, -0.1) is 0 Å². The molecule has 2 amide bonds. The molecule has 1 heterocycles. The van der Waals surface area contributed by atoms with Gasteiger partial charge in [-0.1, -0.05) is 60.7 Å². The van der Waals surface area contributed by atoms with Crippen LogP contribution in [0.3, 0.4) is 0 Å². The van der Waals surface area contributed by atoms with Crippen LogP contribution in [-0.2, 0) is 9.59 Å². The second-order valence-electron chi connectivity index (χ2n) is 5.32. The zero-order valence-corrected chi connectivity index (χ0v) is 12.5. The van der Waals surface area contributed by atoms with E-state index in [4.69, 9.17) is 0 Å². The van der Waals surface area contributed by atoms with Crippen molar-refractivity contribution in [3.8, 4) is 0 Å². The number of benzene rings is 2. The van der Waals surface area contributed by atoms with E-state index < -0.39 is 0 Å². The minimum atomic E-state index is -0.261. The molecule has 2 aromatic rings. The molecular formula is C18H17N3O2. The van der Waals surface area contributed by atoms with Gasteiger partial charge in [0.2, 0.25) is 5.91 Å². The Kier molecular flexibility index (Phi) is 4.47. The van der Waals surface area contributed by atoms with Crippen LogP contribution in [0.25, 0.3) is 0 Å². The Morgan fingerprint density at radius 1 is 0.957 bits per heavy atom. The van der Waals surface area contributed by atoms with Crippen LogP contribution in [0.5, 0.6) is 0 Å². The Morgan fingerprint density at radius 3 is 2.00 bits per heavy atom. The van der Waals surface area contributed by atoms with Crippen LogP contribution in [0.1, 0.15) is 30.0 Å². The molecule has 0 radical (unpaired) electrons. The summed E-state index contributed by atoms with van der Waals surface area (Å²) in [6.45, 7) is 0. The summed E-state index contributed by atoms with van der Waals surface area (Å²) in [6.07, 6.45) is 0.640. The van der Waals surface area contributed by atoms with Crippen LogP contribution in [0.4, 0.5) is 0 Å². The van der Waals surface area contributed by atoms with Crippen molar-refractivity contribution in [2.24, 2.45) is 5.10 Å². The molecule has 2 N–H and O–H groups in total. The van der Waals surface area contributed by atoms with Gasteiger partial charge in [-0.25, -0.2) is 5.43 Å². The maximum atomic E-state index is 12.5. The van der Waals surface area contributed by atoms with Crippen molar-refractivity contribution in [3.05, 3.63) is 71.8 Å². The first kappa shape index (κ1) is 15.0. The van der Waals surface area contributed by atoms with Gasteiger partial charge in [0.15, 0.2) is 0 Å². The first-order valence-electron chi connectivity index (χ1n) is 7.50. The van der Waals surface area contributed by atoms with Gasteiger partial charge in [0.1, 0.15) is 5.71 Å². The Hall–Kier alpha value is -2.95. The molecule has 5 nitrogen and oxygen atoms in total. The third-order valence-corrected chi connectivity index (χ3v) is 3.71. The number of rotatable bonds is 4. The SMILES string of the molecule is O=C1CCC(C(=O)NC(c2ccccc2)c2ccccc2)=NN1. The van der Waals surface area contributed by atoms with E-state index in [0.29, 0.717) is 12.1 Å². The summed E-state index contributed by atoms with van der Waals surface area (Å²) in [5.41, 5.74) is 4.69. The first-order valence-corrected chi connectivity index (χ1v) is 7.50. The Bertz CT molecular complexity index is 687. The molecule has 0 atom stereocenters. The van der Waals surface area contributed by atoms with E-state index >= 15 is 0 Å². The van der Waals surface area contributed by atoms with Crippen molar-refractivity contribution in [2.45, 2.75) is 18.9 Å². The molecule has 2 aromatic carbocycles. The van der Waals surface area contributed by atoms with E-state index in [2.05, 4.69) is 15.8 Å². The quantitative estimate of drug-likeness (QED) is 0.908. The predicted molar refractivity (Wildman–Crippen MR) is 87.7 cm³/mol. The topological polar surface area (TPSA) is 70.6 Å². The summed E-state index contributed by atoms with van der Waals surface area (Å²) in [7, 11) is 0. The summed E-state index contributed by atoms with van der Waals surface area (Å²) < 4.78 is 0. The Labute approximate surface area is 134 Å². The summed E-state index contributed by atoms with van der Waals surface area (Å²) >= 11 is 0. The van der Waals surface area contributed by atoms with Gasteiger partial charge < -0.3 is 5.32 Å². The maximum absolute atomic E-state index is 12.5. The fourth-order valence-electron chi connectivity index (χ4n) is 2.50. The predicted octanol–water partition coefficient (Wildman–Crippen LogP) is 2.16. The minimum absolute atomic E-state index is 0.163. The van der Waals surface area contributed by atoms with Crippen molar-refractivity contribution in [1.29, 1.82) is 0 Å². The van der Waals surface area contributed by atoms with Crippen molar-refractivity contribution in [1.82, 2.24) is 10.7 Å². The number of carbonyl (C=O) groups is 2. The van der Waals surface area contributed by atoms with E-state index in [0.717, 1.165) is 11.1 Å². The van der Waals surface area contributed by atoms with Gasteiger partial charge in [0.25, 0.3) is 5.91 Å². The van der Waals surface area contributed by atoms with Gasteiger partial charge in [0, 0.05) is 12.8 Å². The smallest absolute Gasteiger partial charge is 0.268 e. The molecular weight excluding hydrogens is 290 g/mol. The van der Waals surface area contributed by atoms with Gasteiger partial charge in [-0.2, -0.15) is 5.10 Å². The second kappa shape index (κ2) is 6.87. The third-order valence-electron chi connectivity index (χ3n) is 3.71. The fourth-order valence-corrected chi connectivity index (χ4v) is 2.50. The molecule has 0 saturated heterocycles. The highest BCUT2D eigenvalue weighted by Gasteiger charge is 2.22. The van der Waals surface area contributed by atoms with E-state index in [1.165, 1.54) is 0 Å². The molecule has 5 heteroatoms. The Morgan fingerprint density at radius 2 is 1.52 bits per heavy atom. The van der Waals surface area contributed by atoms with Crippen molar-refractivity contribution in [3.63, 3.8) is 0 Å². The van der Waals surface area contributed by atoms with Crippen LogP contribution < -0.4 is 10.7 Å². The molecule has 0 aliphatic carbocycles. The zero-order valence-electron chi connectivity index (χ0n) is 12.5. The molecule has 116 valence electrons. The monoisotopic (exact) mass is 307 g/mol. The maximum Gasteiger partial charge on any atom is 0.268 e. The molecule has 3 rings (SSSR count). The van der Waals surface area contributed by atoms with E-state index in [9.17, 15) is 9.59 Å². The van der Waals surface area contributed by atoms with Crippen LogP contribution in [0, 0.1) is 0 Å². The average molecular weight is 307 g/mol. The highest BCUT2D eigenvalue weighted by atomic mass is 16.2. The largest absolute Gasteiger partial charge is 0.340 e. The number of hydrogen-bond acceptors (Lipinski definition) is 3. The number of hydrazone groups is 1. The molecule has 1 aliphatic rings. The minimum Gasteiger partial charge on any atom is -0.340 e. The zero-order chi connectivity index (χ0) is 16.1. The lowest BCUT2D eigenvalue weighted by Gasteiger charge is -2.21. The van der Waals surface area contributed by atoms with Crippen molar-refractivity contribution < 1.29 is 9.59 Å². The normalized spacial score (nSPS) is 14.1. The summed E-state index contributed by atoms with van der Waals surface area (Å²) in [5.74, 6) is -0.424. The molecule has 0 fully saturated rings. The number of nitrogens with zero attached hydrogens (tertiary/aromatic N) is 1. The lowest BCUT2D eigenvalue weighted by atomic mass is 9.98. The number of hydrogen-bond donors (Lipinski definition) is 2. The van der Waals surface area contributed by atoms with E-state index in [-0.39, 0.29) is 24.3 Å². The molecule has 0 aromatic heterocycles. The summed E-state index contributed by atoms with van der Waals surface area (Å²) in [6, 6.07) is 19.3. The average Bonchev–Trinajstić information content (AvgIpc) is 2.61. The summed E-state index contributed by atoms with van der Waals surface area (Å²) in [5, 5.41) is 6.87. The molecule has 0 saturated carbocycles. The highest BCUT2D eigenvalue weighted by Crippen LogP contribution is 2.21. The summed E-state index contributed by atoms with van der Waals surface area (Å²) in [4.78, 5) is 23.6. The highest BCUT2D eigenvalue weighted by molar-refractivity contribution is 6.39. The van der Waals surface area contributed by atoms with Crippen LogP contribution >= 0.6 is 0 Å². The second-order valence-corrected chi connectivity index (χ2v) is 5.32. The lowest BCUT2D eigenvalue weighted by molar-refractivity contribution is -0.121. The Balaban J connectivity index is 1.85. The van der Waals surface area contributed by atoms with Gasteiger partial charge in [-0.3, -0.25) is 9.59 Å². The van der Waals surface area contributed by atoms with Gasteiger partial charge >= 0.3 is 0 Å². The fraction of sp³-hybridized carbons (Fsp3) is 0.167. The van der Waals surface area contributed by atoms with Gasteiger partial charge in [0.05, 0.1) is 6.04 Å². The van der Waals surface area contributed by atoms with Crippen molar-refractivity contribution in [2.75, 3.05) is 0 Å². The van der Waals surface area contributed by atoms with Gasteiger partial charge in [-0.05, 0) is 11.1 Å². The molecule has 0 bridgehead atoms. The van der Waals surface area contributed by atoms with Crippen LogP contribution in [-0.4, -0.2) is 17.5 Å².